The van der Waals surface area contributed by atoms with Crippen LogP contribution in [-0.2, 0) is 4.74 Å². The SMILES string of the molecule is Nc1cccc(C(=O)NCCCOC2CCCCC2)c1. The Balaban J connectivity index is 1.59. The molecule has 0 radical (unpaired) electrons. The van der Waals surface area contributed by atoms with Gasteiger partial charge >= 0.3 is 0 Å². The highest BCUT2D eigenvalue weighted by Gasteiger charge is 2.13. The minimum absolute atomic E-state index is 0.0741. The van der Waals surface area contributed by atoms with Gasteiger partial charge in [0.25, 0.3) is 5.91 Å². The van der Waals surface area contributed by atoms with Crippen molar-refractivity contribution in [3.05, 3.63) is 29.8 Å². The largest absolute Gasteiger partial charge is 0.399 e. The van der Waals surface area contributed by atoms with Gasteiger partial charge in [-0.2, -0.15) is 0 Å². The Labute approximate surface area is 120 Å². The monoisotopic (exact) mass is 276 g/mol. The fourth-order valence-corrected chi connectivity index (χ4v) is 2.54. The van der Waals surface area contributed by atoms with Crippen molar-refractivity contribution in [2.24, 2.45) is 0 Å². The predicted molar refractivity (Wildman–Crippen MR) is 80.6 cm³/mol. The van der Waals surface area contributed by atoms with Crippen LogP contribution in [-0.4, -0.2) is 25.2 Å². The molecule has 3 N–H and O–H groups in total. The van der Waals surface area contributed by atoms with Gasteiger partial charge in [-0.3, -0.25) is 4.79 Å². The van der Waals surface area contributed by atoms with E-state index < -0.39 is 0 Å². The summed E-state index contributed by atoms with van der Waals surface area (Å²) >= 11 is 0. The molecule has 0 saturated heterocycles. The first-order valence-corrected chi connectivity index (χ1v) is 7.51. The first-order valence-electron chi connectivity index (χ1n) is 7.51. The summed E-state index contributed by atoms with van der Waals surface area (Å²) in [4.78, 5) is 11.9. The van der Waals surface area contributed by atoms with Crippen LogP contribution in [0.3, 0.4) is 0 Å². The van der Waals surface area contributed by atoms with Crippen LogP contribution in [0.15, 0.2) is 24.3 Å². The van der Waals surface area contributed by atoms with Crippen molar-refractivity contribution in [3.8, 4) is 0 Å². The zero-order valence-electron chi connectivity index (χ0n) is 11.9. The van der Waals surface area contributed by atoms with Crippen molar-refractivity contribution in [2.45, 2.75) is 44.6 Å². The van der Waals surface area contributed by atoms with Crippen LogP contribution in [0.1, 0.15) is 48.9 Å². The number of carbonyl (C=O) groups excluding carboxylic acids is 1. The molecule has 0 aromatic heterocycles. The number of ether oxygens (including phenoxy) is 1. The average Bonchev–Trinajstić information content (AvgIpc) is 2.48. The molecule has 1 aromatic carbocycles. The Bertz CT molecular complexity index is 428. The van der Waals surface area contributed by atoms with E-state index in [2.05, 4.69) is 5.32 Å². The zero-order chi connectivity index (χ0) is 14.2. The lowest BCUT2D eigenvalue weighted by molar-refractivity contribution is 0.0273. The molecule has 1 saturated carbocycles. The second kappa shape index (κ2) is 7.90. The molecule has 4 nitrogen and oxygen atoms in total. The van der Waals surface area contributed by atoms with E-state index in [0.29, 0.717) is 23.9 Å². The molecular weight excluding hydrogens is 252 g/mol. The Morgan fingerprint density at radius 1 is 1.30 bits per heavy atom. The molecule has 0 spiro atoms. The summed E-state index contributed by atoms with van der Waals surface area (Å²) in [5, 5.41) is 2.89. The van der Waals surface area contributed by atoms with Gasteiger partial charge in [0.15, 0.2) is 0 Å². The molecule has 0 bridgehead atoms. The van der Waals surface area contributed by atoms with Crippen molar-refractivity contribution in [1.82, 2.24) is 5.32 Å². The van der Waals surface area contributed by atoms with Gasteiger partial charge in [0.1, 0.15) is 0 Å². The second-order valence-corrected chi connectivity index (χ2v) is 5.37. The van der Waals surface area contributed by atoms with Gasteiger partial charge in [-0.05, 0) is 37.5 Å². The van der Waals surface area contributed by atoms with Crippen LogP contribution in [0.2, 0.25) is 0 Å². The van der Waals surface area contributed by atoms with Crippen molar-refractivity contribution >= 4 is 11.6 Å². The van der Waals surface area contributed by atoms with Crippen molar-refractivity contribution in [1.29, 1.82) is 0 Å². The molecule has 1 aliphatic carbocycles. The quantitative estimate of drug-likeness (QED) is 0.620. The summed E-state index contributed by atoms with van der Waals surface area (Å²) in [6.07, 6.45) is 7.59. The minimum Gasteiger partial charge on any atom is -0.399 e. The number of benzene rings is 1. The van der Waals surface area contributed by atoms with Crippen LogP contribution in [0.4, 0.5) is 5.69 Å². The summed E-state index contributed by atoms with van der Waals surface area (Å²) in [6, 6.07) is 7.02. The third-order valence-electron chi connectivity index (χ3n) is 3.66. The number of nitrogens with two attached hydrogens (primary N) is 1. The van der Waals surface area contributed by atoms with E-state index in [4.69, 9.17) is 10.5 Å². The maximum Gasteiger partial charge on any atom is 0.251 e. The van der Waals surface area contributed by atoms with E-state index >= 15 is 0 Å². The first kappa shape index (κ1) is 14.9. The van der Waals surface area contributed by atoms with Gasteiger partial charge in [-0.25, -0.2) is 0 Å². The van der Waals surface area contributed by atoms with E-state index in [1.165, 1.54) is 32.1 Å². The van der Waals surface area contributed by atoms with Crippen LogP contribution >= 0.6 is 0 Å². The molecule has 0 unspecified atom stereocenters. The van der Waals surface area contributed by atoms with Crippen molar-refractivity contribution in [3.63, 3.8) is 0 Å². The molecular formula is C16H24N2O2. The summed E-state index contributed by atoms with van der Waals surface area (Å²) in [6.45, 7) is 1.36. The van der Waals surface area contributed by atoms with E-state index in [-0.39, 0.29) is 5.91 Å². The van der Waals surface area contributed by atoms with E-state index in [9.17, 15) is 4.79 Å². The van der Waals surface area contributed by atoms with Crippen LogP contribution in [0.5, 0.6) is 0 Å². The van der Waals surface area contributed by atoms with Crippen LogP contribution < -0.4 is 11.1 Å². The number of nitrogen functional groups attached to an aromatic ring is 1. The topological polar surface area (TPSA) is 64.4 Å². The number of anilines is 1. The van der Waals surface area contributed by atoms with Gasteiger partial charge in [0.05, 0.1) is 6.10 Å². The molecule has 0 heterocycles. The summed E-state index contributed by atoms with van der Waals surface area (Å²) in [5.41, 5.74) is 6.87. The minimum atomic E-state index is -0.0741. The number of rotatable bonds is 6. The Hall–Kier alpha value is -1.55. The number of amides is 1. The molecule has 110 valence electrons. The van der Waals surface area contributed by atoms with Gasteiger partial charge in [-0.1, -0.05) is 25.3 Å². The Kier molecular flexibility index (Phi) is 5.87. The maximum absolute atomic E-state index is 11.9. The van der Waals surface area contributed by atoms with Gasteiger partial charge in [-0.15, -0.1) is 0 Å². The number of carbonyl (C=O) groups is 1. The highest BCUT2D eigenvalue weighted by molar-refractivity contribution is 5.94. The van der Waals surface area contributed by atoms with Crippen LogP contribution in [0, 0.1) is 0 Å². The predicted octanol–water partition coefficient (Wildman–Crippen LogP) is 2.74. The van der Waals surface area contributed by atoms with E-state index in [0.717, 1.165) is 13.0 Å². The lowest BCUT2D eigenvalue weighted by Crippen LogP contribution is -2.26. The lowest BCUT2D eigenvalue weighted by Gasteiger charge is -2.21. The summed E-state index contributed by atoms with van der Waals surface area (Å²) in [5.74, 6) is -0.0741. The van der Waals surface area contributed by atoms with Gasteiger partial charge in [0.2, 0.25) is 0 Å². The molecule has 2 rings (SSSR count). The highest BCUT2D eigenvalue weighted by atomic mass is 16.5. The zero-order valence-corrected chi connectivity index (χ0v) is 11.9. The Morgan fingerprint density at radius 2 is 2.10 bits per heavy atom. The molecule has 1 fully saturated rings. The number of hydrogen-bond donors (Lipinski definition) is 2. The Morgan fingerprint density at radius 3 is 2.85 bits per heavy atom. The summed E-state index contributed by atoms with van der Waals surface area (Å²) in [7, 11) is 0. The second-order valence-electron chi connectivity index (χ2n) is 5.37. The van der Waals surface area contributed by atoms with Crippen molar-refractivity contribution < 1.29 is 9.53 Å². The number of hydrogen-bond acceptors (Lipinski definition) is 3. The molecule has 1 aliphatic rings. The van der Waals surface area contributed by atoms with E-state index in [1.54, 1.807) is 24.3 Å². The molecule has 4 heteroatoms. The maximum atomic E-state index is 11.9. The van der Waals surface area contributed by atoms with E-state index in [1.807, 2.05) is 0 Å². The van der Waals surface area contributed by atoms with Gasteiger partial charge in [0, 0.05) is 24.4 Å². The lowest BCUT2D eigenvalue weighted by atomic mass is 9.98. The first-order chi connectivity index (χ1) is 9.75. The smallest absolute Gasteiger partial charge is 0.251 e. The molecule has 1 aromatic rings. The fraction of sp³-hybridized carbons (Fsp3) is 0.562. The molecule has 20 heavy (non-hydrogen) atoms. The summed E-state index contributed by atoms with van der Waals surface area (Å²) < 4.78 is 5.82. The molecule has 0 aliphatic heterocycles. The van der Waals surface area contributed by atoms with Gasteiger partial charge < -0.3 is 15.8 Å². The third kappa shape index (κ3) is 4.85. The molecule has 0 atom stereocenters. The number of nitrogens with one attached hydrogen (secondary N) is 1. The average molecular weight is 276 g/mol. The fourth-order valence-electron chi connectivity index (χ4n) is 2.54. The van der Waals surface area contributed by atoms with Crippen LogP contribution in [0.25, 0.3) is 0 Å². The standard InChI is InChI=1S/C16H24N2O2/c17-14-7-4-6-13(12-14)16(19)18-10-5-11-20-15-8-2-1-3-9-15/h4,6-7,12,15H,1-3,5,8-11,17H2,(H,18,19). The normalized spacial score (nSPS) is 16.0. The highest BCUT2D eigenvalue weighted by Crippen LogP contribution is 2.20. The molecule has 1 amide bonds. The third-order valence-corrected chi connectivity index (χ3v) is 3.66. The van der Waals surface area contributed by atoms with Crippen molar-refractivity contribution in [2.75, 3.05) is 18.9 Å².